The topological polar surface area (TPSA) is 115 Å². The molecule has 0 unspecified atom stereocenters. The number of halogens is 1. The summed E-state index contributed by atoms with van der Waals surface area (Å²) in [6.07, 6.45) is 2.92. The normalized spacial score (nSPS) is 13.1. The molecular formula is C25H23ClN2O6S. The Morgan fingerprint density at radius 3 is 2.49 bits per heavy atom. The second-order valence-corrected chi connectivity index (χ2v) is 9.95. The van der Waals surface area contributed by atoms with Crippen molar-refractivity contribution in [3.8, 4) is 5.75 Å². The summed E-state index contributed by atoms with van der Waals surface area (Å²) < 4.78 is 43.3. The van der Waals surface area contributed by atoms with Crippen molar-refractivity contribution in [2.75, 3.05) is 7.11 Å². The summed E-state index contributed by atoms with van der Waals surface area (Å²) >= 11 is 5.88. The van der Waals surface area contributed by atoms with Gasteiger partial charge in [-0.3, -0.25) is 4.55 Å². The number of esters is 1. The standard InChI is InChI=1S/C25H23ClN2O6S/c1-15-10-18(25(29)33-2)6-7-19(15)14-34-23-12-17-5-3-4-16(17)11-22(23)28-27-20-8-9-21(26)24(13-20)35(30,31)32/h6-13H,3-5,14H2,1-2H3,(H,30,31,32). The molecule has 1 aliphatic rings. The Balaban J connectivity index is 1.62. The molecule has 0 bridgehead atoms. The van der Waals surface area contributed by atoms with Crippen LogP contribution in [0.2, 0.25) is 5.02 Å². The zero-order valence-corrected chi connectivity index (χ0v) is 20.7. The van der Waals surface area contributed by atoms with Gasteiger partial charge in [0.2, 0.25) is 0 Å². The number of nitrogens with zero attached hydrogens (tertiary/aromatic N) is 2. The predicted octanol–water partition coefficient (Wildman–Crippen LogP) is 6.16. The van der Waals surface area contributed by atoms with Gasteiger partial charge in [0.25, 0.3) is 10.1 Å². The molecule has 0 radical (unpaired) electrons. The van der Waals surface area contributed by atoms with Gasteiger partial charge < -0.3 is 9.47 Å². The largest absolute Gasteiger partial charge is 0.487 e. The van der Waals surface area contributed by atoms with E-state index >= 15 is 0 Å². The highest BCUT2D eigenvalue weighted by atomic mass is 35.5. The summed E-state index contributed by atoms with van der Waals surface area (Å²) in [7, 11) is -3.16. The van der Waals surface area contributed by atoms with Crippen LogP contribution in [0.25, 0.3) is 0 Å². The molecule has 1 aliphatic carbocycles. The molecule has 0 atom stereocenters. The maximum absolute atomic E-state index is 11.8. The quantitative estimate of drug-likeness (QED) is 0.229. The lowest BCUT2D eigenvalue weighted by atomic mass is 10.1. The molecule has 0 saturated carbocycles. The highest BCUT2D eigenvalue weighted by Gasteiger charge is 2.18. The molecule has 4 rings (SSSR count). The molecule has 1 N–H and O–H groups in total. The molecule has 0 amide bonds. The smallest absolute Gasteiger partial charge is 0.337 e. The van der Waals surface area contributed by atoms with Gasteiger partial charge in [0.15, 0.2) is 0 Å². The Labute approximate surface area is 208 Å². The fourth-order valence-corrected chi connectivity index (χ4v) is 4.90. The number of hydrogen-bond acceptors (Lipinski definition) is 7. The second-order valence-electron chi connectivity index (χ2n) is 8.15. The Morgan fingerprint density at radius 1 is 1.06 bits per heavy atom. The van der Waals surface area contributed by atoms with Crippen LogP contribution < -0.4 is 4.74 Å². The monoisotopic (exact) mass is 514 g/mol. The predicted molar refractivity (Wildman–Crippen MR) is 131 cm³/mol. The number of benzene rings is 3. The van der Waals surface area contributed by atoms with Crippen LogP contribution in [0, 0.1) is 6.92 Å². The van der Waals surface area contributed by atoms with E-state index in [0.717, 1.165) is 36.5 Å². The van der Waals surface area contributed by atoms with Crippen LogP contribution in [0.3, 0.4) is 0 Å². The minimum absolute atomic E-state index is 0.110. The van der Waals surface area contributed by atoms with E-state index in [2.05, 4.69) is 10.2 Å². The summed E-state index contributed by atoms with van der Waals surface area (Å²) in [6.45, 7) is 2.14. The molecule has 35 heavy (non-hydrogen) atoms. The van der Waals surface area contributed by atoms with Crippen LogP contribution in [0.4, 0.5) is 11.4 Å². The van der Waals surface area contributed by atoms with Gasteiger partial charge in [-0.1, -0.05) is 17.7 Å². The van der Waals surface area contributed by atoms with E-state index in [1.54, 1.807) is 12.1 Å². The van der Waals surface area contributed by atoms with Crippen molar-refractivity contribution in [1.29, 1.82) is 0 Å². The third-order valence-electron chi connectivity index (χ3n) is 5.79. The number of fused-ring (bicyclic) bond motifs is 1. The maximum Gasteiger partial charge on any atom is 0.337 e. The van der Waals surface area contributed by atoms with Crippen LogP contribution >= 0.6 is 11.6 Å². The van der Waals surface area contributed by atoms with E-state index in [4.69, 9.17) is 21.1 Å². The Hall–Kier alpha value is -3.27. The lowest BCUT2D eigenvalue weighted by Crippen LogP contribution is -2.04. The third kappa shape index (κ3) is 5.70. The van der Waals surface area contributed by atoms with Crippen molar-refractivity contribution in [2.45, 2.75) is 37.7 Å². The van der Waals surface area contributed by atoms with Gasteiger partial charge >= 0.3 is 5.97 Å². The van der Waals surface area contributed by atoms with Crippen molar-refractivity contribution in [3.63, 3.8) is 0 Å². The summed E-state index contributed by atoms with van der Waals surface area (Å²) in [5.41, 5.74) is 5.32. The Morgan fingerprint density at radius 2 is 1.80 bits per heavy atom. The third-order valence-corrected chi connectivity index (χ3v) is 7.12. The molecule has 0 aliphatic heterocycles. The highest BCUT2D eigenvalue weighted by molar-refractivity contribution is 7.86. The fourth-order valence-electron chi connectivity index (χ4n) is 3.90. The molecule has 0 aromatic heterocycles. The second kappa shape index (κ2) is 10.2. The van der Waals surface area contributed by atoms with E-state index in [1.807, 2.05) is 25.1 Å². The van der Waals surface area contributed by atoms with Gasteiger partial charge in [0.1, 0.15) is 22.9 Å². The average Bonchev–Trinajstić information content (AvgIpc) is 3.28. The van der Waals surface area contributed by atoms with Crippen LogP contribution in [-0.2, 0) is 34.3 Å². The van der Waals surface area contributed by atoms with Gasteiger partial charge in [-0.05, 0) is 90.9 Å². The number of azo groups is 1. The van der Waals surface area contributed by atoms with E-state index in [-0.39, 0.29) is 17.3 Å². The van der Waals surface area contributed by atoms with E-state index in [1.165, 1.54) is 30.4 Å². The van der Waals surface area contributed by atoms with Crippen molar-refractivity contribution in [3.05, 3.63) is 81.4 Å². The number of ether oxygens (including phenoxy) is 2. The lowest BCUT2D eigenvalue weighted by Gasteiger charge is -2.13. The number of methoxy groups -OCH3 is 1. The summed E-state index contributed by atoms with van der Waals surface area (Å²) in [6, 6.07) is 13.1. The van der Waals surface area contributed by atoms with E-state index in [0.29, 0.717) is 17.0 Å². The first-order valence-corrected chi connectivity index (χ1v) is 12.6. The molecule has 182 valence electrons. The van der Waals surface area contributed by atoms with Crippen LogP contribution in [0.1, 0.15) is 39.0 Å². The number of carbonyl (C=O) groups is 1. The summed E-state index contributed by atoms with van der Waals surface area (Å²) in [4.78, 5) is 11.3. The van der Waals surface area contributed by atoms with E-state index < -0.39 is 21.0 Å². The highest BCUT2D eigenvalue weighted by Crippen LogP contribution is 2.37. The Kier molecular flexibility index (Phi) is 7.20. The molecular weight excluding hydrogens is 492 g/mol. The molecule has 8 nitrogen and oxygen atoms in total. The molecule has 3 aromatic rings. The molecule has 0 heterocycles. The minimum Gasteiger partial charge on any atom is -0.487 e. The maximum atomic E-state index is 11.8. The lowest BCUT2D eigenvalue weighted by molar-refractivity contribution is 0.0600. The van der Waals surface area contributed by atoms with Crippen LogP contribution in [-0.4, -0.2) is 26.0 Å². The first-order chi connectivity index (χ1) is 16.7. The summed E-state index contributed by atoms with van der Waals surface area (Å²) in [5, 5.41) is 8.35. The average molecular weight is 515 g/mol. The number of rotatable bonds is 7. The zero-order chi connectivity index (χ0) is 25.2. The first kappa shape index (κ1) is 24.8. The number of aryl methyl sites for hydroxylation is 3. The number of hydrogen-bond donors (Lipinski definition) is 1. The van der Waals surface area contributed by atoms with Crippen LogP contribution in [0.15, 0.2) is 63.7 Å². The SMILES string of the molecule is COC(=O)c1ccc(COc2cc3c(cc2N=Nc2ccc(Cl)c(S(=O)(=O)O)c2)CCC3)c(C)c1. The minimum atomic E-state index is -4.50. The fraction of sp³-hybridized carbons (Fsp3) is 0.240. The molecule has 3 aromatic carbocycles. The van der Waals surface area contributed by atoms with Gasteiger partial charge in [-0.25, -0.2) is 4.79 Å². The molecule has 10 heteroatoms. The molecule has 0 saturated heterocycles. The molecule has 0 fully saturated rings. The summed E-state index contributed by atoms with van der Waals surface area (Å²) in [5.74, 6) is 0.135. The van der Waals surface area contributed by atoms with Gasteiger partial charge in [0.05, 0.1) is 23.4 Å². The van der Waals surface area contributed by atoms with Gasteiger partial charge in [-0.2, -0.15) is 13.5 Å². The van der Waals surface area contributed by atoms with Crippen molar-refractivity contribution in [1.82, 2.24) is 0 Å². The van der Waals surface area contributed by atoms with Gasteiger partial charge in [0, 0.05) is 0 Å². The van der Waals surface area contributed by atoms with Crippen molar-refractivity contribution < 1.29 is 27.2 Å². The Bertz CT molecular complexity index is 1440. The van der Waals surface area contributed by atoms with Crippen molar-refractivity contribution >= 4 is 39.1 Å². The van der Waals surface area contributed by atoms with Gasteiger partial charge in [-0.15, -0.1) is 5.11 Å². The number of carbonyl (C=O) groups excluding carboxylic acids is 1. The van der Waals surface area contributed by atoms with Crippen LogP contribution in [0.5, 0.6) is 5.75 Å². The molecule has 0 spiro atoms. The van der Waals surface area contributed by atoms with E-state index in [9.17, 15) is 17.8 Å². The first-order valence-electron chi connectivity index (χ1n) is 10.8. The zero-order valence-electron chi connectivity index (χ0n) is 19.1. The van der Waals surface area contributed by atoms with Crippen molar-refractivity contribution in [2.24, 2.45) is 10.2 Å².